The second-order valence-electron chi connectivity index (χ2n) is 24.1. The van der Waals surface area contributed by atoms with Gasteiger partial charge in [-0.3, -0.25) is 33.6 Å². The summed E-state index contributed by atoms with van der Waals surface area (Å²) in [5.41, 5.74) is -52.8. The molecular weight excluding hydrogens is 1500 g/mol. The molecule has 9 aromatic rings. The molecule has 0 spiro atoms. The number of Topliss-reactive ketones (excluding diaryl/α,β-unsaturated/α-hetero) is 7. The van der Waals surface area contributed by atoms with Crippen molar-refractivity contribution in [2.45, 2.75) is 33.8 Å². The third-order valence-corrected chi connectivity index (χ3v) is 17.5. The van der Waals surface area contributed by atoms with Gasteiger partial charge in [-0.25, -0.2) is 9.59 Å². The van der Waals surface area contributed by atoms with E-state index in [4.69, 9.17) is 14.2 Å². The number of rotatable bonds is 19. The van der Waals surface area contributed by atoms with Crippen LogP contribution in [-0.2, 0) is 14.2 Å². The summed E-state index contributed by atoms with van der Waals surface area (Å²) < 4.78 is 17.7. The molecule has 0 saturated carbocycles. The Kier molecular flexibility index (Phi) is 18.4. The zero-order valence-corrected chi connectivity index (χ0v) is 54.2. The van der Waals surface area contributed by atoms with Crippen LogP contribution in [-0.4, -0.2) is 239 Å². The highest BCUT2D eigenvalue weighted by Gasteiger charge is 2.97. The van der Waals surface area contributed by atoms with Crippen molar-refractivity contribution < 1.29 is 211 Å². The number of benzene rings is 9. The predicted molar refractivity (Wildman–Crippen MR) is 348 cm³/mol. The molecule has 9 aromatic carbocycles. The van der Waals surface area contributed by atoms with Crippen LogP contribution in [0.2, 0.25) is 0 Å². The Morgan fingerprint density at radius 3 is 0.676 bits per heavy atom. The molecule has 10 rings (SSSR count). The maximum atomic E-state index is 18.1. The predicted octanol–water partition coefficient (Wildman–Crippen LogP) is 1.33. The Morgan fingerprint density at radius 1 is 0.234 bits per heavy atom. The molecule has 0 aliphatic carbocycles. The molecular formula is C69H48O42. The van der Waals surface area contributed by atoms with E-state index in [0.29, 0.717) is 0 Å². The minimum Gasteiger partial charge on any atom is -0.504 e. The van der Waals surface area contributed by atoms with Crippen molar-refractivity contribution in [1.29, 1.82) is 0 Å². The number of carbonyl (C=O) groups is 9. The van der Waals surface area contributed by atoms with Crippen LogP contribution in [0.15, 0.2) is 109 Å². The molecule has 5 atom stereocenters. The lowest BCUT2D eigenvalue weighted by Gasteiger charge is -2.66. The summed E-state index contributed by atoms with van der Waals surface area (Å²) in [5.74, 6) is -88.2. The third kappa shape index (κ3) is 11.2. The highest BCUT2D eigenvalue weighted by atomic mass is 16.8. The van der Waals surface area contributed by atoms with Crippen LogP contribution in [0.4, 0.5) is 0 Å². The molecule has 1 aliphatic heterocycles. The summed E-state index contributed by atoms with van der Waals surface area (Å²) in [6.07, 6.45) is 0. The van der Waals surface area contributed by atoms with Crippen LogP contribution >= 0.6 is 0 Å². The molecule has 1 fully saturated rings. The molecule has 42 heteroatoms. The molecule has 1 aliphatic rings. The fraction of sp³-hybridized carbons (Fsp3) is 0.0870. The molecule has 5 unspecified atom stereocenters. The van der Waals surface area contributed by atoms with E-state index in [1.807, 2.05) is 0 Å². The summed E-state index contributed by atoms with van der Waals surface area (Å²) in [4.78, 5) is 155. The summed E-state index contributed by atoms with van der Waals surface area (Å²) in [6.45, 7) is 0. The van der Waals surface area contributed by atoms with Crippen molar-refractivity contribution in [2.75, 3.05) is 0 Å². The Bertz CT molecular complexity index is 5390. The SMILES string of the molecule is O=C(OC1(C(=O)c2cc(O)c(O)c(O)c2)OC(C(=O)c2cc(O)c(O)c(O)c2)(C(OC(=O)c2cc(O)c(O)c(O)c2)(C(=O)c2cc(O)c(O)c(O)c2)C(=O)c2cc(O)c(O)c(O)c2)C(O)(C(=O)c2cc(O)c(O)c(O)c2)C(O)(C(=O)c2cc(O)c(O)c(O)c2)C1(O)C(=O)c1cc(O)c(O)c(O)c1)c1cc(O)c(O)c(O)c1. The first kappa shape index (κ1) is 77.7. The number of ketones is 7. The highest BCUT2D eigenvalue weighted by Crippen LogP contribution is 2.66. The van der Waals surface area contributed by atoms with E-state index < -0.39 is 304 Å². The number of aromatic hydroxyl groups is 27. The average molecular weight is 1550 g/mol. The quantitative estimate of drug-likeness (QED) is 0.0235. The molecule has 0 amide bonds. The second kappa shape index (κ2) is 26.3. The van der Waals surface area contributed by atoms with E-state index in [0.717, 1.165) is 0 Å². The minimum absolute atomic E-state index is 0.133. The number of phenols is 27. The lowest BCUT2D eigenvalue weighted by atomic mass is 9.46. The number of ether oxygens (including phenoxy) is 3. The summed E-state index contributed by atoms with van der Waals surface area (Å²) in [5, 5.41) is 346. The number of aliphatic hydroxyl groups is 3. The van der Waals surface area contributed by atoms with Crippen LogP contribution in [0.25, 0.3) is 0 Å². The molecule has 0 bridgehead atoms. The van der Waals surface area contributed by atoms with Gasteiger partial charge in [-0.1, -0.05) is 0 Å². The summed E-state index contributed by atoms with van der Waals surface area (Å²) in [6, 6.07) is -5.21. The Morgan fingerprint density at radius 2 is 0.423 bits per heavy atom. The van der Waals surface area contributed by atoms with Crippen LogP contribution in [0.5, 0.6) is 155 Å². The maximum absolute atomic E-state index is 18.1. The van der Waals surface area contributed by atoms with Crippen molar-refractivity contribution in [3.05, 3.63) is 159 Å². The van der Waals surface area contributed by atoms with Crippen molar-refractivity contribution in [1.82, 2.24) is 0 Å². The fourth-order valence-corrected chi connectivity index (χ4v) is 12.1. The van der Waals surface area contributed by atoms with Crippen LogP contribution in [0.1, 0.15) is 93.2 Å². The first-order chi connectivity index (χ1) is 51.5. The van der Waals surface area contributed by atoms with Crippen molar-refractivity contribution in [2.24, 2.45) is 0 Å². The topological polar surface area (TPSA) is 788 Å². The Hall–Kier alpha value is -16.0. The summed E-state index contributed by atoms with van der Waals surface area (Å²) >= 11 is 0. The largest absolute Gasteiger partial charge is 0.504 e. The first-order valence-corrected chi connectivity index (χ1v) is 29.9. The molecule has 0 radical (unpaired) electrons. The van der Waals surface area contributed by atoms with Crippen molar-refractivity contribution in [3.8, 4) is 155 Å². The van der Waals surface area contributed by atoms with Gasteiger partial charge in [-0.15, -0.1) is 0 Å². The highest BCUT2D eigenvalue weighted by molar-refractivity contribution is 6.34. The smallest absolute Gasteiger partial charge is 0.341 e. The molecule has 0 aromatic heterocycles. The fourth-order valence-electron chi connectivity index (χ4n) is 12.1. The summed E-state index contributed by atoms with van der Waals surface area (Å²) in [7, 11) is 0. The Balaban J connectivity index is 1.71. The second-order valence-corrected chi connectivity index (χ2v) is 24.1. The van der Waals surface area contributed by atoms with Gasteiger partial charge in [0.2, 0.25) is 62.9 Å². The van der Waals surface area contributed by atoms with Gasteiger partial charge in [0.1, 0.15) is 0 Å². The standard InChI is InChI=1S/C69H48O42/c70-28-1-19(2-29(71)46(28)88)55(97)64(56(98)20-3-30(72)47(89)31(73)4-20,109-62(104)26-15-42(84)53(95)43(85)16-26)68(60(102)24-11-38(80)51(93)39(81)12-24)66(107,58(100)22-7-34(76)49(91)35(77)8-22)65(106,57(99)21-5-32(74)48(90)33(75)6-21)67(108,59(101)23-9-36(78)50(92)37(79)10-23)69(111-68,61(103)25-13-40(82)52(94)41(83)14-25)110-63(105)27-17-44(86)54(96)45(87)18-27/h1-18,70-96,106-108H. The molecule has 1 saturated heterocycles. The number of carbonyl (C=O) groups excluding carboxylic acids is 9. The molecule has 42 nitrogen and oxygen atoms in total. The van der Waals surface area contributed by atoms with E-state index in [1.54, 1.807) is 0 Å². The lowest BCUT2D eigenvalue weighted by Crippen LogP contribution is -2.99. The number of hydrogen-bond acceptors (Lipinski definition) is 42. The van der Waals surface area contributed by atoms with Gasteiger partial charge in [0.25, 0.3) is 5.60 Å². The van der Waals surface area contributed by atoms with E-state index >= 15 is 58.5 Å². The number of esters is 2. The van der Waals surface area contributed by atoms with Crippen LogP contribution < -0.4 is 0 Å². The monoisotopic (exact) mass is 1550 g/mol. The zero-order valence-electron chi connectivity index (χ0n) is 54.2. The first-order valence-electron chi connectivity index (χ1n) is 29.9. The van der Waals surface area contributed by atoms with Crippen molar-refractivity contribution >= 4 is 52.4 Å². The zero-order chi connectivity index (χ0) is 82.8. The number of phenolic OH excluding ortho intramolecular Hbond substituents is 27. The van der Waals surface area contributed by atoms with Gasteiger partial charge in [0, 0.05) is 38.9 Å². The van der Waals surface area contributed by atoms with E-state index in [-0.39, 0.29) is 97.1 Å². The van der Waals surface area contributed by atoms with E-state index in [2.05, 4.69) is 0 Å². The lowest BCUT2D eigenvalue weighted by molar-refractivity contribution is -0.402. The molecule has 1 heterocycles. The van der Waals surface area contributed by atoms with E-state index in [9.17, 15) is 138 Å². The van der Waals surface area contributed by atoms with E-state index in [1.165, 1.54) is 0 Å². The molecule has 111 heavy (non-hydrogen) atoms. The normalized spacial score (nSPS) is 18.8. The molecule has 576 valence electrons. The van der Waals surface area contributed by atoms with Crippen molar-refractivity contribution in [3.63, 3.8) is 0 Å². The van der Waals surface area contributed by atoms with Crippen LogP contribution in [0, 0.1) is 0 Å². The van der Waals surface area contributed by atoms with Crippen LogP contribution in [0.3, 0.4) is 0 Å². The maximum Gasteiger partial charge on any atom is 0.341 e. The average Bonchev–Trinajstić information content (AvgIpc) is 0.629. The van der Waals surface area contributed by atoms with Gasteiger partial charge in [-0.05, 0) is 109 Å². The van der Waals surface area contributed by atoms with Gasteiger partial charge in [-0.2, -0.15) is 0 Å². The third-order valence-electron chi connectivity index (χ3n) is 17.5. The minimum atomic E-state index is -6.86. The number of hydrogen-bond donors (Lipinski definition) is 30. The molecule has 30 N–H and O–H groups in total. The van der Waals surface area contributed by atoms with Gasteiger partial charge in [0.15, 0.2) is 155 Å². The van der Waals surface area contributed by atoms with Gasteiger partial charge < -0.3 is 167 Å². The van der Waals surface area contributed by atoms with Gasteiger partial charge >= 0.3 is 17.7 Å². The Labute approximate surface area is 609 Å². The van der Waals surface area contributed by atoms with Gasteiger partial charge in [0.05, 0.1) is 11.1 Å².